The van der Waals surface area contributed by atoms with E-state index in [1.165, 1.54) is 26.5 Å². The minimum atomic E-state index is 0.424. The second kappa shape index (κ2) is 3.98. The molecular formula is C14H13IN. The van der Waals surface area contributed by atoms with E-state index in [0.29, 0.717) is 6.04 Å². The van der Waals surface area contributed by atoms with Gasteiger partial charge in [0.1, 0.15) is 0 Å². The van der Waals surface area contributed by atoms with Crippen molar-refractivity contribution in [2.75, 3.05) is 14.1 Å². The predicted octanol–water partition coefficient (Wildman–Crippen LogP) is 3.03. The molecule has 0 spiro atoms. The number of halogens is 1. The van der Waals surface area contributed by atoms with Gasteiger partial charge in [0.2, 0.25) is 0 Å². The topological polar surface area (TPSA) is 3.24 Å². The van der Waals surface area contributed by atoms with Gasteiger partial charge in [-0.2, -0.15) is 0 Å². The number of fused-ring (bicyclic) bond motifs is 3. The molecule has 16 heavy (non-hydrogen) atoms. The Bertz CT molecular complexity index is 413. The van der Waals surface area contributed by atoms with Crippen LogP contribution in [0, 0.1) is 34.7 Å². The molecule has 2 aliphatic carbocycles. The molecule has 1 aromatic carbocycles. The Hall–Kier alpha value is -0.0900. The molecule has 0 unspecified atom stereocenters. The average Bonchev–Trinajstić information content (AvgIpc) is 2.77. The summed E-state index contributed by atoms with van der Waals surface area (Å²) in [7, 11) is 4.30. The third-order valence-corrected chi connectivity index (χ3v) is 4.22. The Balaban J connectivity index is 2.15. The van der Waals surface area contributed by atoms with Crippen molar-refractivity contribution in [3.05, 3.63) is 64.0 Å². The normalized spacial score (nSPS) is 25.1. The van der Waals surface area contributed by atoms with E-state index in [1.54, 1.807) is 0 Å². The van der Waals surface area contributed by atoms with Crippen LogP contribution < -0.4 is 0 Å². The van der Waals surface area contributed by atoms with E-state index in [9.17, 15) is 0 Å². The molecule has 0 amide bonds. The van der Waals surface area contributed by atoms with E-state index >= 15 is 0 Å². The molecule has 1 fully saturated rings. The maximum atomic E-state index is 2.44. The van der Waals surface area contributed by atoms with Crippen molar-refractivity contribution in [3.63, 3.8) is 0 Å². The quantitative estimate of drug-likeness (QED) is 0.719. The van der Waals surface area contributed by atoms with Gasteiger partial charge in [-0.1, -0.05) is 12.1 Å². The standard InChI is InChI=1S/C14H13IN/c1-16(2)14-11-7-3-5-9(11)10-6-4-8-12(15)13(10)14/h3-8,14H,1-2H3/t14-/m0/s1. The van der Waals surface area contributed by atoms with Crippen molar-refractivity contribution in [3.8, 4) is 0 Å². The van der Waals surface area contributed by atoms with E-state index < -0.39 is 0 Å². The zero-order valence-corrected chi connectivity index (χ0v) is 11.5. The third-order valence-electron chi connectivity index (χ3n) is 3.28. The molecule has 5 radical (unpaired) electrons. The summed E-state index contributed by atoms with van der Waals surface area (Å²) in [6.45, 7) is 0. The highest BCUT2D eigenvalue weighted by molar-refractivity contribution is 14.1. The smallest absolute Gasteiger partial charge is 0.0430 e. The fourth-order valence-corrected chi connectivity index (χ4v) is 3.45. The SMILES string of the molecule is CN(C)[C@H]1[C]2[CH][CH][CH][C]2c2cccc(I)c21. The van der Waals surface area contributed by atoms with Crippen LogP contribution in [-0.4, -0.2) is 19.0 Å². The largest absolute Gasteiger partial charge is 0.302 e. The molecule has 0 aromatic heterocycles. The average molecular weight is 322 g/mol. The Morgan fingerprint density at radius 2 is 2.00 bits per heavy atom. The fourth-order valence-electron chi connectivity index (χ4n) is 2.66. The van der Waals surface area contributed by atoms with Crippen LogP contribution in [0.3, 0.4) is 0 Å². The maximum absolute atomic E-state index is 2.44. The van der Waals surface area contributed by atoms with Gasteiger partial charge in [-0.3, -0.25) is 0 Å². The summed E-state index contributed by atoms with van der Waals surface area (Å²) in [5, 5.41) is 0. The van der Waals surface area contributed by atoms with Crippen molar-refractivity contribution in [1.29, 1.82) is 0 Å². The zero-order chi connectivity index (χ0) is 11.3. The lowest BCUT2D eigenvalue weighted by Crippen LogP contribution is -2.23. The number of benzene rings is 1. The molecule has 1 aromatic rings. The summed E-state index contributed by atoms with van der Waals surface area (Å²) in [5.74, 6) is 2.86. The van der Waals surface area contributed by atoms with Gasteiger partial charge in [0.05, 0.1) is 0 Å². The van der Waals surface area contributed by atoms with E-state index in [2.05, 4.69) is 79.0 Å². The first-order valence-corrected chi connectivity index (χ1v) is 6.49. The van der Waals surface area contributed by atoms with E-state index in [0.717, 1.165) is 0 Å². The molecule has 0 aliphatic heterocycles. The molecule has 1 saturated carbocycles. The van der Waals surface area contributed by atoms with Crippen LogP contribution in [0.25, 0.3) is 0 Å². The molecule has 2 aliphatic rings. The Labute approximate surface area is 111 Å². The summed E-state index contributed by atoms with van der Waals surface area (Å²) >= 11 is 2.44. The molecule has 1 atom stereocenters. The number of hydrogen-bond donors (Lipinski definition) is 0. The first-order chi connectivity index (χ1) is 7.70. The maximum Gasteiger partial charge on any atom is 0.0430 e. The second-order valence-electron chi connectivity index (χ2n) is 4.46. The summed E-state index contributed by atoms with van der Waals surface area (Å²) in [6.07, 6.45) is 6.63. The molecule has 81 valence electrons. The van der Waals surface area contributed by atoms with E-state index in [4.69, 9.17) is 0 Å². The van der Waals surface area contributed by atoms with Crippen molar-refractivity contribution in [2.45, 2.75) is 6.04 Å². The second-order valence-corrected chi connectivity index (χ2v) is 5.62. The van der Waals surface area contributed by atoms with Crippen LogP contribution in [0.2, 0.25) is 0 Å². The first kappa shape index (κ1) is 11.0. The van der Waals surface area contributed by atoms with Gasteiger partial charge in [-0.15, -0.1) is 0 Å². The molecule has 1 nitrogen and oxygen atoms in total. The predicted molar refractivity (Wildman–Crippen MR) is 74.1 cm³/mol. The molecular weight excluding hydrogens is 309 g/mol. The van der Waals surface area contributed by atoms with Crippen molar-refractivity contribution in [2.24, 2.45) is 0 Å². The number of rotatable bonds is 1. The summed E-state index contributed by atoms with van der Waals surface area (Å²) in [4.78, 5) is 2.30. The van der Waals surface area contributed by atoms with Crippen molar-refractivity contribution >= 4 is 22.6 Å². The van der Waals surface area contributed by atoms with Gasteiger partial charge in [0.25, 0.3) is 0 Å². The summed E-state index contributed by atoms with van der Waals surface area (Å²) < 4.78 is 1.37. The lowest BCUT2D eigenvalue weighted by atomic mass is 9.94. The highest BCUT2D eigenvalue weighted by atomic mass is 127. The molecule has 3 rings (SSSR count). The minimum absolute atomic E-state index is 0.424. The van der Waals surface area contributed by atoms with Gasteiger partial charge in [0.15, 0.2) is 0 Å². The lowest BCUT2D eigenvalue weighted by Gasteiger charge is -2.26. The zero-order valence-electron chi connectivity index (χ0n) is 9.37. The van der Waals surface area contributed by atoms with Crippen LogP contribution in [0.4, 0.5) is 0 Å². The lowest BCUT2D eigenvalue weighted by molar-refractivity contribution is 0.326. The van der Waals surface area contributed by atoms with Crippen molar-refractivity contribution in [1.82, 2.24) is 4.90 Å². The molecule has 0 heterocycles. The van der Waals surface area contributed by atoms with E-state index in [-0.39, 0.29) is 0 Å². The molecule has 0 saturated heterocycles. The van der Waals surface area contributed by atoms with E-state index in [1.807, 2.05) is 0 Å². The van der Waals surface area contributed by atoms with Crippen LogP contribution in [0.1, 0.15) is 17.2 Å². The minimum Gasteiger partial charge on any atom is -0.302 e. The van der Waals surface area contributed by atoms with Gasteiger partial charge in [-0.05, 0) is 73.1 Å². The van der Waals surface area contributed by atoms with Gasteiger partial charge in [-0.25, -0.2) is 0 Å². The Kier molecular flexibility index (Phi) is 2.75. The van der Waals surface area contributed by atoms with Crippen LogP contribution in [-0.2, 0) is 0 Å². The summed E-state index contributed by atoms with van der Waals surface area (Å²) in [6, 6.07) is 7.00. The van der Waals surface area contributed by atoms with Crippen LogP contribution in [0.5, 0.6) is 0 Å². The summed E-state index contributed by atoms with van der Waals surface area (Å²) in [5.41, 5.74) is 2.88. The molecule has 2 heteroatoms. The highest BCUT2D eigenvalue weighted by Crippen LogP contribution is 2.55. The van der Waals surface area contributed by atoms with Crippen LogP contribution in [0.15, 0.2) is 18.2 Å². The Morgan fingerprint density at radius 1 is 1.19 bits per heavy atom. The molecule has 0 bridgehead atoms. The Morgan fingerprint density at radius 3 is 2.75 bits per heavy atom. The number of nitrogens with zero attached hydrogens (tertiary/aromatic N) is 1. The highest BCUT2D eigenvalue weighted by Gasteiger charge is 2.46. The van der Waals surface area contributed by atoms with Gasteiger partial charge >= 0.3 is 0 Å². The monoisotopic (exact) mass is 322 g/mol. The number of hydrogen-bond acceptors (Lipinski definition) is 1. The third kappa shape index (κ3) is 1.46. The van der Waals surface area contributed by atoms with Gasteiger partial charge < -0.3 is 4.90 Å². The van der Waals surface area contributed by atoms with Crippen molar-refractivity contribution < 1.29 is 0 Å². The van der Waals surface area contributed by atoms with Gasteiger partial charge in [0, 0.05) is 21.4 Å². The fraction of sp³-hybridized carbons (Fsp3) is 0.214. The molecule has 0 N–H and O–H groups in total. The van der Waals surface area contributed by atoms with Crippen LogP contribution >= 0.6 is 22.6 Å². The first-order valence-electron chi connectivity index (χ1n) is 5.41.